The Morgan fingerprint density at radius 3 is 2.23 bits per heavy atom. The number of carboxylic acid groups (broad SMARTS) is 2. The Morgan fingerprint density at radius 2 is 1.67 bits per heavy atom. The van der Waals surface area contributed by atoms with Crippen molar-refractivity contribution in [3.05, 3.63) is 69.9 Å². The number of carboxylic acids is 2. The van der Waals surface area contributed by atoms with Gasteiger partial charge < -0.3 is 19.9 Å². The maximum Gasteiger partial charge on any atom is 0.365 e. The number of esters is 1. The van der Waals surface area contributed by atoms with Crippen LogP contribution in [0.1, 0.15) is 34.1 Å². The molecule has 0 bridgehead atoms. The van der Waals surface area contributed by atoms with Crippen LogP contribution in [0.5, 0.6) is 0 Å². The van der Waals surface area contributed by atoms with Crippen molar-refractivity contribution in [3.8, 4) is 0 Å². The topological polar surface area (TPSA) is 134 Å². The van der Waals surface area contributed by atoms with E-state index in [1.165, 1.54) is 24.3 Å². The van der Waals surface area contributed by atoms with E-state index in [0.29, 0.717) is 5.56 Å². The minimum absolute atomic E-state index is 0.0717. The van der Waals surface area contributed by atoms with Gasteiger partial charge in [0.25, 0.3) is 0 Å². The van der Waals surface area contributed by atoms with Gasteiger partial charge in [-0.2, -0.15) is 0 Å². The number of hydrogen-bond acceptors (Lipinski definition) is 5. The maximum absolute atomic E-state index is 13.3. The third-order valence-corrected chi connectivity index (χ3v) is 4.86. The fourth-order valence-electron chi connectivity index (χ4n) is 3.33. The lowest BCUT2D eigenvalue weighted by Crippen LogP contribution is -2.48. The molecule has 154 valence electrons. The van der Waals surface area contributed by atoms with Crippen LogP contribution in [0.25, 0.3) is 10.9 Å². The second-order valence-electron chi connectivity index (χ2n) is 6.59. The highest BCUT2D eigenvalue weighted by molar-refractivity contribution is 6.31. The molecule has 0 saturated heterocycles. The van der Waals surface area contributed by atoms with Gasteiger partial charge in [-0.1, -0.05) is 41.9 Å². The van der Waals surface area contributed by atoms with Crippen molar-refractivity contribution in [2.75, 3.05) is 0 Å². The van der Waals surface area contributed by atoms with Gasteiger partial charge >= 0.3 is 23.5 Å². The Kier molecular flexibility index (Phi) is 5.37. The highest BCUT2D eigenvalue weighted by Gasteiger charge is 2.56. The van der Waals surface area contributed by atoms with E-state index < -0.39 is 34.9 Å². The van der Waals surface area contributed by atoms with Crippen molar-refractivity contribution in [2.45, 2.75) is 19.4 Å². The highest BCUT2D eigenvalue weighted by Crippen LogP contribution is 2.38. The summed E-state index contributed by atoms with van der Waals surface area (Å²) in [5.41, 5.74) is -2.93. The number of benzene rings is 2. The van der Waals surface area contributed by atoms with Crippen molar-refractivity contribution in [1.29, 1.82) is 0 Å². The van der Waals surface area contributed by atoms with Crippen LogP contribution in [-0.4, -0.2) is 38.9 Å². The van der Waals surface area contributed by atoms with Gasteiger partial charge in [0.2, 0.25) is 5.78 Å². The number of rotatable bonds is 6. The van der Waals surface area contributed by atoms with Gasteiger partial charge in [0.1, 0.15) is 0 Å². The Morgan fingerprint density at radius 1 is 1.03 bits per heavy atom. The van der Waals surface area contributed by atoms with Crippen molar-refractivity contribution in [2.24, 2.45) is 0 Å². The number of H-pyrrole nitrogens is 1. The summed E-state index contributed by atoms with van der Waals surface area (Å²) >= 11 is 6.00. The molecule has 30 heavy (non-hydrogen) atoms. The summed E-state index contributed by atoms with van der Waals surface area (Å²) in [6.45, 7) is 2.56. The molecular formula is C21H16ClNO7. The van der Waals surface area contributed by atoms with Crippen LogP contribution in [0.2, 0.25) is 5.02 Å². The molecule has 0 saturated carbocycles. The molecule has 9 heteroatoms. The number of aromatic amines is 1. The number of aromatic nitrogens is 1. The summed E-state index contributed by atoms with van der Waals surface area (Å²) in [4.78, 5) is 52.1. The number of nitrogens with one attached hydrogen (secondary N) is 1. The molecule has 3 aromatic rings. The van der Waals surface area contributed by atoms with Gasteiger partial charge in [-0.05, 0) is 24.6 Å². The van der Waals surface area contributed by atoms with Crippen LogP contribution < -0.4 is 0 Å². The molecule has 2 aromatic carbocycles. The van der Waals surface area contributed by atoms with E-state index >= 15 is 0 Å². The summed E-state index contributed by atoms with van der Waals surface area (Å²) in [6.07, 6.45) is 0. The Bertz CT molecular complexity index is 1200. The molecule has 0 spiro atoms. The highest BCUT2D eigenvalue weighted by atomic mass is 35.5. The summed E-state index contributed by atoms with van der Waals surface area (Å²) < 4.78 is 4.86. The molecule has 0 atom stereocenters. The molecule has 1 aromatic heterocycles. The molecule has 1 heterocycles. The lowest BCUT2D eigenvalue weighted by Gasteiger charge is -2.25. The number of aryl methyl sites for hydroxylation is 1. The van der Waals surface area contributed by atoms with Crippen LogP contribution in [-0.2, 0) is 24.7 Å². The van der Waals surface area contributed by atoms with Crippen molar-refractivity contribution < 1.29 is 34.1 Å². The fourth-order valence-corrected chi connectivity index (χ4v) is 3.50. The standard InChI is InChI=1S/C21H16ClNO7/c1-10-5-3-4-6-13(10)18(25)17-16(14-8-7-12(22)9-15(14)23-17)21(19(26)27,20(28)29)30-11(2)24/h3-9,23H,1-2H3,(H,26,27)(H,28,29). The average molecular weight is 430 g/mol. The van der Waals surface area contributed by atoms with Gasteiger partial charge in [-0.25, -0.2) is 9.59 Å². The second kappa shape index (κ2) is 7.64. The van der Waals surface area contributed by atoms with E-state index in [4.69, 9.17) is 16.3 Å². The first kappa shape index (κ1) is 21.1. The van der Waals surface area contributed by atoms with Crippen LogP contribution in [0.4, 0.5) is 0 Å². The van der Waals surface area contributed by atoms with E-state index in [1.807, 2.05) is 0 Å². The Hall–Kier alpha value is -3.65. The third kappa shape index (κ3) is 3.31. The predicted octanol–water partition coefficient (Wildman–Crippen LogP) is 3.29. The largest absolute Gasteiger partial charge is 0.478 e. The molecule has 0 aliphatic heterocycles. The van der Waals surface area contributed by atoms with Gasteiger partial charge in [0, 0.05) is 28.4 Å². The quantitative estimate of drug-likeness (QED) is 0.311. The third-order valence-electron chi connectivity index (χ3n) is 4.63. The van der Waals surface area contributed by atoms with Gasteiger partial charge in [0.15, 0.2) is 0 Å². The maximum atomic E-state index is 13.3. The Balaban J connectivity index is 2.45. The van der Waals surface area contributed by atoms with Gasteiger partial charge in [0.05, 0.1) is 11.3 Å². The van der Waals surface area contributed by atoms with Crippen LogP contribution in [0, 0.1) is 6.92 Å². The molecule has 0 fully saturated rings. The smallest absolute Gasteiger partial charge is 0.365 e. The molecule has 0 aliphatic rings. The monoisotopic (exact) mass is 429 g/mol. The zero-order valence-electron chi connectivity index (χ0n) is 15.9. The van der Waals surface area contributed by atoms with Crippen LogP contribution >= 0.6 is 11.6 Å². The SMILES string of the molecule is CC(=O)OC(C(=O)O)(C(=O)O)c1c(C(=O)c2ccccc2C)[nH]c2cc(Cl)ccc12. The van der Waals surface area contributed by atoms with Crippen LogP contribution in [0.15, 0.2) is 42.5 Å². The minimum atomic E-state index is -3.15. The molecule has 3 rings (SSSR count). The zero-order chi connectivity index (χ0) is 22.2. The normalized spacial score (nSPS) is 11.3. The number of aliphatic carboxylic acids is 2. The van der Waals surface area contributed by atoms with Gasteiger partial charge in [-0.3, -0.25) is 9.59 Å². The Labute approximate surface area is 175 Å². The molecule has 0 amide bonds. The number of fused-ring (bicyclic) bond motifs is 1. The summed E-state index contributed by atoms with van der Waals surface area (Å²) in [7, 11) is 0. The predicted molar refractivity (Wildman–Crippen MR) is 107 cm³/mol. The summed E-state index contributed by atoms with van der Waals surface area (Å²) in [5, 5.41) is 20.0. The lowest BCUT2D eigenvalue weighted by molar-refractivity contribution is -0.191. The number of carbonyl (C=O) groups excluding carboxylic acids is 2. The number of halogens is 1. The average Bonchev–Trinajstić information content (AvgIpc) is 3.04. The second-order valence-corrected chi connectivity index (χ2v) is 7.03. The number of ketones is 1. The number of carbonyl (C=O) groups is 4. The first-order valence-corrected chi connectivity index (χ1v) is 9.05. The van der Waals surface area contributed by atoms with Crippen molar-refractivity contribution >= 4 is 46.2 Å². The van der Waals surface area contributed by atoms with Crippen LogP contribution in [0.3, 0.4) is 0 Å². The van der Waals surface area contributed by atoms with E-state index in [1.54, 1.807) is 25.1 Å². The van der Waals surface area contributed by atoms with Crippen molar-refractivity contribution in [1.82, 2.24) is 4.98 Å². The number of ether oxygens (including phenoxy) is 1. The molecular weight excluding hydrogens is 414 g/mol. The lowest BCUT2D eigenvalue weighted by atomic mass is 9.88. The fraction of sp³-hybridized carbons (Fsp3) is 0.143. The summed E-state index contributed by atoms with van der Waals surface area (Å²) in [5.74, 6) is -5.72. The van der Waals surface area contributed by atoms with E-state index in [9.17, 15) is 29.4 Å². The van der Waals surface area contributed by atoms with E-state index in [-0.39, 0.29) is 27.2 Å². The first-order chi connectivity index (χ1) is 14.1. The zero-order valence-corrected chi connectivity index (χ0v) is 16.6. The molecule has 0 radical (unpaired) electrons. The minimum Gasteiger partial charge on any atom is -0.478 e. The molecule has 3 N–H and O–H groups in total. The molecule has 0 unspecified atom stereocenters. The first-order valence-electron chi connectivity index (χ1n) is 8.68. The molecule has 8 nitrogen and oxygen atoms in total. The van der Waals surface area contributed by atoms with Crippen molar-refractivity contribution in [3.63, 3.8) is 0 Å². The van der Waals surface area contributed by atoms with E-state index in [2.05, 4.69) is 4.98 Å². The number of hydrogen-bond donors (Lipinski definition) is 3. The summed E-state index contributed by atoms with van der Waals surface area (Å²) in [6, 6.07) is 10.7. The van der Waals surface area contributed by atoms with E-state index in [0.717, 1.165) is 6.92 Å². The van der Waals surface area contributed by atoms with Gasteiger partial charge in [-0.15, -0.1) is 0 Å². The molecule has 0 aliphatic carbocycles.